The number of aromatic amines is 1. The van der Waals surface area contributed by atoms with Crippen molar-refractivity contribution in [3.05, 3.63) is 120 Å². The maximum absolute atomic E-state index is 14.8. The van der Waals surface area contributed by atoms with Crippen molar-refractivity contribution in [2.24, 2.45) is 11.0 Å². The molecule has 3 aromatic carbocycles. The van der Waals surface area contributed by atoms with Crippen molar-refractivity contribution in [2.45, 2.75) is 57.1 Å². The third-order valence-corrected chi connectivity index (χ3v) is 10.1. The normalized spacial score (nSPS) is 22.1. The summed E-state index contributed by atoms with van der Waals surface area (Å²) in [6.45, 7) is 2.60. The molecule has 4 aromatic rings. The first-order valence-electron chi connectivity index (χ1n) is 15.4. The van der Waals surface area contributed by atoms with Crippen molar-refractivity contribution in [3.63, 3.8) is 0 Å². The molecule has 1 saturated heterocycles. The number of esters is 1. The third kappa shape index (κ3) is 8.34. The third-order valence-electron chi connectivity index (χ3n) is 7.76. The number of carbonyl (C=O) groups is 1. The van der Waals surface area contributed by atoms with Gasteiger partial charge in [0.1, 0.15) is 30.6 Å². The molecule has 264 valence electrons. The van der Waals surface area contributed by atoms with Gasteiger partial charge in [0.25, 0.3) is 5.56 Å². The Labute approximate surface area is 293 Å². The number of aliphatic hydroxyl groups excluding tert-OH is 2. The summed E-state index contributed by atoms with van der Waals surface area (Å²) in [5, 5.41) is 29.7. The lowest BCUT2D eigenvalue weighted by Crippen LogP contribution is -2.46. The number of aliphatic hydroxyl groups is 2. The fourth-order valence-corrected chi connectivity index (χ4v) is 7.54. The molecule has 0 saturated carbocycles. The number of benzene rings is 3. The van der Waals surface area contributed by atoms with Gasteiger partial charge in [-0.25, -0.2) is 9.36 Å². The molecule has 4 N–H and O–H groups in total. The van der Waals surface area contributed by atoms with Crippen molar-refractivity contribution in [1.82, 2.24) is 14.6 Å². The lowest BCUT2D eigenvalue weighted by Gasteiger charge is -2.30. The van der Waals surface area contributed by atoms with E-state index in [1.807, 2.05) is 37.0 Å². The monoisotopic (exact) mass is 772 g/mol. The molecule has 1 fully saturated rings. The van der Waals surface area contributed by atoms with Crippen LogP contribution in [0.4, 0.5) is 0 Å². The van der Waals surface area contributed by atoms with Crippen LogP contribution in [0.2, 0.25) is 0 Å². The highest BCUT2D eigenvalue weighted by molar-refractivity contribution is 9.10. The standard InChI is InChI=1S/C32H34BrN6O10P/c1-19(2)16-23(30(43)46-17-20-8-4-3-5-9-20)36-50(45,49-24-13-12-21-10-6-7-11-22(21)26(24)33)47-18-32(37-38-34)28(42)27(41)29(48-32)39-15-14-25(40)35-31(39)44/h3-15,19,23,27-29,41-42H,16-18H2,1-2H3,(H,36,45)(H,35,40,44)/t23-,27+,28-,29+,32+,50?/m0/s1. The van der Waals surface area contributed by atoms with Gasteiger partial charge >= 0.3 is 19.4 Å². The Morgan fingerprint density at radius 2 is 1.86 bits per heavy atom. The molecule has 0 aliphatic carbocycles. The summed E-state index contributed by atoms with van der Waals surface area (Å²) in [6, 6.07) is 19.2. The number of H-pyrrole nitrogens is 1. The maximum Gasteiger partial charge on any atom is 0.459 e. The van der Waals surface area contributed by atoms with Crippen molar-refractivity contribution >= 4 is 40.4 Å². The quantitative estimate of drug-likeness (QED) is 0.0453. The average molecular weight is 774 g/mol. The molecular weight excluding hydrogens is 739 g/mol. The van der Waals surface area contributed by atoms with E-state index in [0.29, 0.717) is 9.86 Å². The summed E-state index contributed by atoms with van der Waals surface area (Å²) in [7, 11) is -4.73. The Balaban J connectivity index is 1.49. The van der Waals surface area contributed by atoms with Gasteiger partial charge in [0.15, 0.2) is 6.23 Å². The molecule has 0 amide bonds. The molecule has 1 aliphatic heterocycles. The van der Waals surface area contributed by atoms with Gasteiger partial charge in [-0.1, -0.05) is 79.6 Å². The van der Waals surface area contributed by atoms with Gasteiger partial charge in [-0.2, -0.15) is 5.09 Å². The van der Waals surface area contributed by atoms with Crippen LogP contribution >= 0.6 is 23.7 Å². The van der Waals surface area contributed by atoms with E-state index < -0.39 is 61.8 Å². The van der Waals surface area contributed by atoms with Crippen molar-refractivity contribution in [3.8, 4) is 5.75 Å². The molecule has 2 heterocycles. The molecule has 0 bridgehead atoms. The molecular formula is C32H34BrN6O10P. The molecule has 0 radical (unpaired) electrons. The number of ether oxygens (including phenoxy) is 2. The molecule has 0 spiro atoms. The molecule has 6 atom stereocenters. The first-order valence-corrected chi connectivity index (χ1v) is 17.7. The lowest BCUT2D eigenvalue weighted by molar-refractivity contribution is -0.147. The van der Waals surface area contributed by atoms with Gasteiger partial charge in [-0.3, -0.25) is 23.7 Å². The van der Waals surface area contributed by atoms with E-state index in [1.54, 1.807) is 42.5 Å². The predicted octanol–water partition coefficient (Wildman–Crippen LogP) is 4.66. The van der Waals surface area contributed by atoms with Crippen LogP contribution in [0.5, 0.6) is 5.75 Å². The summed E-state index contributed by atoms with van der Waals surface area (Å²) in [4.78, 5) is 42.3. The Morgan fingerprint density at radius 3 is 2.56 bits per heavy atom. The van der Waals surface area contributed by atoms with Crippen LogP contribution in [-0.4, -0.2) is 56.3 Å². The largest absolute Gasteiger partial charge is 0.460 e. The van der Waals surface area contributed by atoms with E-state index in [4.69, 9.17) is 18.5 Å². The van der Waals surface area contributed by atoms with Crippen LogP contribution in [-0.2, 0) is 30.0 Å². The Hall–Kier alpha value is -4.31. The van der Waals surface area contributed by atoms with E-state index in [9.17, 15) is 34.7 Å². The number of aromatic nitrogens is 2. The van der Waals surface area contributed by atoms with E-state index >= 15 is 0 Å². The minimum atomic E-state index is -4.73. The van der Waals surface area contributed by atoms with E-state index in [2.05, 4.69) is 31.0 Å². The van der Waals surface area contributed by atoms with Crippen LogP contribution in [0.25, 0.3) is 21.2 Å². The Morgan fingerprint density at radius 1 is 1.14 bits per heavy atom. The highest BCUT2D eigenvalue weighted by Crippen LogP contribution is 2.50. The molecule has 50 heavy (non-hydrogen) atoms. The SMILES string of the molecule is CC(C)C[C@H](NP(=O)(OC[C@@]1(N=[N+]=[N-])O[C@@H](n2ccc(=O)[nH]c2=O)[C@H](O)[C@@H]1O)Oc1ccc2ccccc2c1Br)C(=O)OCc1ccccc1. The second kappa shape index (κ2) is 15.7. The van der Waals surface area contributed by atoms with Gasteiger partial charge < -0.3 is 24.2 Å². The molecule has 1 aliphatic rings. The van der Waals surface area contributed by atoms with Crippen LogP contribution in [0.1, 0.15) is 32.1 Å². The number of nitrogens with one attached hydrogen (secondary N) is 2. The number of rotatable bonds is 14. The first kappa shape index (κ1) is 37.0. The number of halogens is 1. The highest BCUT2D eigenvalue weighted by atomic mass is 79.9. The topological polar surface area (TPSA) is 227 Å². The molecule has 18 heteroatoms. The number of hydrogen-bond donors (Lipinski definition) is 4. The molecule has 1 unspecified atom stereocenters. The number of nitrogens with zero attached hydrogens (tertiary/aromatic N) is 4. The summed E-state index contributed by atoms with van der Waals surface area (Å²) >= 11 is 3.49. The smallest absolute Gasteiger partial charge is 0.459 e. The van der Waals surface area contributed by atoms with E-state index in [0.717, 1.165) is 27.8 Å². The second-order valence-corrected chi connectivity index (χ2v) is 14.3. The van der Waals surface area contributed by atoms with Crippen LogP contribution in [0.3, 0.4) is 0 Å². The maximum atomic E-state index is 14.8. The summed E-state index contributed by atoms with van der Waals surface area (Å²) in [6.07, 6.45) is -4.46. The van der Waals surface area contributed by atoms with E-state index in [-0.39, 0.29) is 24.7 Å². The fourth-order valence-electron chi connectivity index (χ4n) is 5.30. The van der Waals surface area contributed by atoms with Gasteiger partial charge in [0.05, 0.1) is 11.1 Å². The molecule has 1 aromatic heterocycles. The van der Waals surface area contributed by atoms with Gasteiger partial charge in [0, 0.05) is 17.2 Å². The zero-order valence-corrected chi connectivity index (χ0v) is 29.3. The predicted molar refractivity (Wildman–Crippen MR) is 184 cm³/mol. The minimum absolute atomic E-state index is 0.0453. The van der Waals surface area contributed by atoms with Crippen molar-refractivity contribution < 1.29 is 38.1 Å². The lowest BCUT2D eigenvalue weighted by atomic mass is 10.1. The van der Waals surface area contributed by atoms with Crippen molar-refractivity contribution in [2.75, 3.05) is 6.61 Å². The molecule has 16 nitrogen and oxygen atoms in total. The highest BCUT2D eigenvalue weighted by Gasteiger charge is 2.56. The number of fused-ring (bicyclic) bond motifs is 1. The van der Waals surface area contributed by atoms with Gasteiger partial charge in [-0.15, -0.1) is 0 Å². The Bertz CT molecular complexity index is 2060. The van der Waals surface area contributed by atoms with Crippen LogP contribution in [0, 0.1) is 5.92 Å². The average Bonchev–Trinajstić information content (AvgIpc) is 3.33. The zero-order valence-electron chi connectivity index (χ0n) is 26.8. The summed E-state index contributed by atoms with van der Waals surface area (Å²) < 4.78 is 39.0. The number of carbonyl (C=O) groups excluding carboxylic acids is 1. The van der Waals surface area contributed by atoms with Crippen LogP contribution in [0.15, 0.2) is 98.2 Å². The number of azide groups is 1. The second-order valence-electron chi connectivity index (χ2n) is 11.9. The molecule has 5 rings (SSSR count). The summed E-state index contributed by atoms with van der Waals surface area (Å²) in [5.41, 5.74) is 5.97. The first-order chi connectivity index (χ1) is 23.8. The fraction of sp³-hybridized carbons (Fsp3) is 0.344. The Kier molecular flexibility index (Phi) is 11.6. The van der Waals surface area contributed by atoms with Gasteiger partial charge in [-0.05, 0) is 56.2 Å². The van der Waals surface area contributed by atoms with Crippen LogP contribution < -0.4 is 20.9 Å². The van der Waals surface area contributed by atoms with Crippen molar-refractivity contribution in [1.29, 1.82) is 0 Å². The minimum Gasteiger partial charge on any atom is -0.460 e. The van der Waals surface area contributed by atoms with Gasteiger partial charge in [0.2, 0.25) is 5.72 Å². The zero-order chi connectivity index (χ0) is 36.1. The van der Waals surface area contributed by atoms with E-state index in [1.165, 1.54) is 6.07 Å². The number of hydrogen-bond acceptors (Lipinski definition) is 11. The summed E-state index contributed by atoms with van der Waals surface area (Å²) in [5.74, 6) is -0.829.